The molecule has 0 aliphatic rings. The van der Waals surface area contributed by atoms with Gasteiger partial charge in [0.1, 0.15) is 12.4 Å². The molecule has 0 aromatic heterocycles. The number of carboxylic acids is 1. The van der Waals surface area contributed by atoms with E-state index >= 15 is 0 Å². The van der Waals surface area contributed by atoms with Crippen molar-refractivity contribution in [2.75, 3.05) is 20.3 Å². The Morgan fingerprint density at radius 2 is 2.07 bits per heavy atom. The number of hydrogen-bond acceptors (Lipinski definition) is 3. The number of rotatable bonds is 7. The van der Waals surface area contributed by atoms with Gasteiger partial charge in [-0.15, -0.1) is 0 Å². The molecule has 0 saturated carbocycles. The zero-order valence-electron chi connectivity index (χ0n) is 9.45. The minimum absolute atomic E-state index is 0.282. The van der Waals surface area contributed by atoms with Gasteiger partial charge in [-0.05, 0) is 19.4 Å². The monoisotopic (exact) mass is 214 g/mol. The quantitative estimate of drug-likeness (QED) is 0.305. The first-order valence-corrected chi connectivity index (χ1v) is 4.88. The lowest BCUT2D eigenvalue weighted by molar-refractivity contribution is -0.133. The van der Waals surface area contributed by atoms with E-state index in [1.165, 1.54) is 0 Å². The summed E-state index contributed by atoms with van der Waals surface area (Å²) in [6.45, 7) is 4.39. The molecule has 0 radical (unpaired) electrons. The topological polar surface area (TPSA) is 55.8 Å². The summed E-state index contributed by atoms with van der Waals surface area (Å²) in [7, 11) is 1.57. The smallest absolute Gasteiger partial charge is 0.335 e. The Morgan fingerprint density at radius 1 is 1.40 bits per heavy atom. The highest BCUT2D eigenvalue weighted by atomic mass is 16.5. The molecule has 0 aromatic rings. The number of hydrogen-bond donors (Lipinski definition) is 1. The van der Waals surface area contributed by atoms with Gasteiger partial charge in [-0.1, -0.05) is 13.0 Å². The predicted molar refractivity (Wildman–Crippen MR) is 57.6 cm³/mol. The van der Waals surface area contributed by atoms with Crippen molar-refractivity contribution in [2.24, 2.45) is 0 Å². The summed E-state index contributed by atoms with van der Waals surface area (Å²) in [5, 5.41) is 8.92. The molecule has 4 nitrogen and oxygen atoms in total. The second kappa shape index (κ2) is 8.05. The van der Waals surface area contributed by atoms with Crippen LogP contribution in [-0.4, -0.2) is 31.4 Å². The molecule has 0 atom stereocenters. The maximum Gasteiger partial charge on any atom is 0.335 e. The summed E-state index contributed by atoms with van der Waals surface area (Å²) in [6, 6.07) is 0. The highest BCUT2D eigenvalue weighted by Crippen LogP contribution is 2.12. The Balaban J connectivity index is 4.66. The lowest BCUT2D eigenvalue weighted by Crippen LogP contribution is -2.08. The molecule has 0 saturated heterocycles. The maximum atomic E-state index is 10.9. The number of carboxylic acid groups (broad SMARTS) is 1. The fourth-order valence-corrected chi connectivity index (χ4v) is 1.05. The Bertz CT molecular complexity index is 253. The fraction of sp³-hybridized carbons (Fsp3) is 0.545. The van der Waals surface area contributed by atoms with Crippen LogP contribution in [0.5, 0.6) is 0 Å². The lowest BCUT2D eigenvalue weighted by atomic mass is 10.1. The first-order chi connectivity index (χ1) is 7.17. The highest BCUT2D eigenvalue weighted by molar-refractivity contribution is 5.87. The van der Waals surface area contributed by atoms with Crippen molar-refractivity contribution in [3.8, 4) is 0 Å². The van der Waals surface area contributed by atoms with E-state index in [0.717, 1.165) is 0 Å². The van der Waals surface area contributed by atoms with Crippen molar-refractivity contribution in [3.63, 3.8) is 0 Å². The van der Waals surface area contributed by atoms with Crippen LogP contribution in [0.1, 0.15) is 20.3 Å². The first-order valence-electron chi connectivity index (χ1n) is 4.88. The van der Waals surface area contributed by atoms with Crippen molar-refractivity contribution in [1.82, 2.24) is 0 Å². The van der Waals surface area contributed by atoms with Gasteiger partial charge in [-0.25, -0.2) is 4.79 Å². The SMILES string of the molecule is CC=CC(OCCOC)=C(CC)C(=O)O. The molecule has 4 heteroatoms. The fourth-order valence-electron chi connectivity index (χ4n) is 1.05. The molecule has 0 rings (SSSR count). The standard InChI is InChI=1S/C11H18O4/c1-4-6-10(15-8-7-14-3)9(5-2)11(12)13/h4,6H,5,7-8H2,1-3H3,(H,12,13). The molecule has 0 aromatic carbocycles. The van der Waals surface area contributed by atoms with E-state index in [4.69, 9.17) is 14.6 Å². The summed E-state index contributed by atoms with van der Waals surface area (Å²) in [5.41, 5.74) is 0.282. The number of methoxy groups -OCH3 is 1. The molecule has 0 bridgehead atoms. The lowest BCUT2D eigenvalue weighted by Gasteiger charge is -2.09. The van der Waals surface area contributed by atoms with Crippen molar-refractivity contribution < 1.29 is 19.4 Å². The van der Waals surface area contributed by atoms with Crippen LogP contribution >= 0.6 is 0 Å². The summed E-state index contributed by atoms with van der Waals surface area (Å²) in [6.07, 6.45) is 3.84. The predicted octanol–water partition coefficient (Wildman–Crippen LogP) is 1.97. The van der Waals surface area contributed by atoms with Gasteiger partial charge in [0, 0.05) is 7.11 Å². The average Bonchev–Trinajstić information content (AvgIpc) is 2.18. The van der Waals surface area contributed by atoms with Gasteiger partial charge in [0.05, 0.1) is 12.2 Å². The van der Waals surface area contributed by atoms with Crippen LogP contribution < -0.4 is 0 Å². The molecule has 0 fully saturated rings. The number of allylic oxidation sites excluding steroid dienone is 2. The third-order valence-corrected chi connectivity index (χ3v) is 1.77. The Labute approximate surface area is 90.2 Å². The molecule has 86 valence electrons. The van der Waals surface area contributed by atoms with Crippen LogP contribution in [0.4, 0.5) is 0 Å². The Hall–Kier alpha value is -1.29. The minimum Gasteiger partial charge on any atom is -0.491 e. The molecule has 15 heavy (non-hydrogen) atoms. The average molecular weight is 214 g/mol. The second-order valence-electron chi connectivity index (χ2n) is 2.84. The molecule has 0 unspecified atom stereocenters. The van der Waals surface area contributed by atoms with Gasteiger partial charge < -0.3 is 14.6 Å². The molecule has 0 amide bonds. The zero-order chi connectivity index (χ0) is 11.7. The van der Waals surface area contributed by atoms with Crippen LogP contribution in [0.2, 0.25) is 0 Å². The van der Waals surface area contributed by atoms with Crippen LogP contribution in [0, 0.1) is 0 Å². The third kappa shape index (κ3) is 5.22. The minimum atomic E-state index is -0.942. The molecule has 0 heterocycles. The van der Waals surface area contributed by atoms with E-state index in [1.807, 2.05) is 6.92 Å². The molecular formula is C11H18O4. The number of aliphatic carboxylic acids is 1. The normalized spacial score (nSPS) is 12.7. The zero-order valence-corrected chi connectivity index (χ0v) is 9.45. The molecule has 0 aliphatic carbocycles. The van der Waals surface area contributed by atoms with E-state index in [1.54, 1.807) is 26.2 Å². The number of carbonyl (C=O) groups is 1. The van der Waals surface area contributed by atoms with E-state index in [0.29, 0.717) is 25.4 Å². The third-order valence-electron chi connectivity index (χ3n) is 1.77. The van der Waals surface area contributed by atoms with Crippen molar-refractivity contribution >= 4 is 5.97 Å². The van der Waals surface area contributed by atoms with Crippen molar-refractivity contribution in [1.29, 1.82) is 0 Å². The highest BCUT2D eigenvalue weighted by Gasteiger charge is 2.11. The van der Waals surface area contributed by atoms with E-state index < -0.39 is 5.97 Å². The summed E-state index contributed by atoms with van der Waals surface area (Å²) < 4.78 is 10.1. The first kappa shape index (κ1) is 13.7. The van der Waals surface area contributed by atoms with E-state index in [9.17, 15) is 4.79 Å². The van der Waals surface area contributed by atoms with Gasteiger partial charge in [0.2, 0.25) is 0 Å². The van der Waals surface area contributed by atoms with Crippen molar-refractivity contribution in [3.05, 3.63) is 23.5 Å². The molecule has 1 N–H and O–H groups in total. The van der Waals surface area contributed by atoms with Gasteiger partial charge in [0.25, 0.3) is 0 Å². The van der Waals surface area contributed by atoms with Gasteiger partial charge in [0.15, 0.2) is 0 Å². The summed E-state index contributed by atoms with van der Waals surface area (Å²) >= 11 is 0. The van der Waals surface area contributed by atoms with Crippen molar-refractivity contribution in [2.45, 2.75) is 20.3 Å². The molecule has 0 spiro atoms. The van der Waals surface area contributed by atoms with Crippen LogP contribution in [0.15, 0.2) is 23.5 Å². The Morgan fingerprint density at radius 3 is 2.47 bits per heavy atom. The maximum absolute atomic E-state index is 10.9. The summed E-state index contributed by atoms with van der Waals surface area (Å²) in [4.78, 5) is 10.9. The van der Waals surface area contributed by atoms with E-state index in [-0.39, 0.29) is 5.57 Å². The largest absolute Gasteiger partial charge is 0.491 e. The van der Waals surface area contributed by atoms with Crippen LogP contribution in [0.3, 0.4) is 0 Å². The second-order valence-corrected chi connectivity index (χ2v) is 2.84. The molecule has 0 aliphatic heterocycles. The van der Waals surface area contributed by atoms with Crippen LogP contribution in [0.25, 0.3) is 0 Å². The number of ether oxygens (including phenoxy) is 2. The molecular weight excluding hydrogens is 196 g/mol. The van der Waals surface area contributed by atoms with Gasteiger partial charge >= 0.3 is 5.97 Å². The van der Waals surface area contributed by atoms with E-state index in [2.05, 4.69) is 0 Å². The Kier molecular flexibility index (Phi) is 7.36. The van der Waals surface area contributed by atoms with Crippen LogP contribution in [-0.2, 0) is 14.3 Å². The summed E-state index contributed by atoms with van der Waals surface area (Å²) in [5.74, 6) is -0.535. The van der Waals surface area contributed by atoms with Gasteiger partial charge in [-0.2, -0.15) is 0 Å². The van der Waals surface area contributed by atoms with Gasteiger partial charge in [-0.3, -0.25) is 0 Å².